The standard InChI is InChI=1S/C18H17FN4O2/c19-13-3-1-11-8-23(14(9-24)6-12(11)5-13)17(25)10-2-4-15-16(7-10)22-18(20)21-15/h1-5,7,14,24H,6,8-9H2,(H3,20,21,22)/t14-/m0/s1. The third-order valence-corrected chi connectivity index (χ3v) is 4.62. The number of nitrogens with two attached hydrogens (primary N) is 1. The van der Waals surface area contributed by atoms with Crippen LogP contribution in [0.3, 0.4) is 0 Å². The molecule has 0 radical (unpaired) electrons. The van der Waals surface area contributed by atoms with Crippen molar-refractivity contribution in [3.05, 3.63) is 58.9 Å². The molecule has 1 atom stereocenters. The lowest BCUT2D eigenvalue weighted by Gasteiger charge is -2.36. The van der Waals surface area contributed by atoms with Gasteiger partial charge in [0.15, 0.2) is 5.95 Å². The van der Waals surface area contributed by atoms with E-state index in [4.69, 9.17) is 5.73 Å². The SMILES string of the molecule is Nc1nc2ccc(C(=O)N3Cc4ccc(F)cc4C[C@H]3CO)cc2[nH]1. The number of nitrogens with zero attached hydrogens (tertiary/aromatic N) is 2. The number of aromatic nitrogens is 2. The number of amides is 1. The van der Waals surface area contributed by atoms with Crippen LogP contribution in [-0.2, 0) is 13.0 Å². The number of fused-ring (bicyclic) bond motifs is 2. The number of anilines is 1. The van der Waals surface area contributed by atoms with Gasteiger partial charge in [-0.1, -0.05) is 6.07 Å². The van der Waals surface area contributed by atoms with E-state index in [1.807, 2.05) is 0 Å². The Morgan fingerprint density at radius 3 is 2.96 bits per heavy atom. The third kappa shape index (κ3) is 2.72. The van der Waals surface area contributed by atoms with Crippen LogP contribution in [0, 0.1) is 5.82 Å². The van der Waals surface area contributed by atoms with E-state index in [1.165, 1.54) is 12.1 Å². The van der Waals surface area contributed by atoms with Crippen molar-refractivity contribution >= 4 is 22.9 Å². The van der Waals surface area contributed by atoms with Gasteiger partial charge in [-0.3, -0.25) is 4.79 Å². The maximum Gasteiger partial charge on any atom is 0.254 e. The first-order valence-corrected chi connectivity index (χ1v) is 7.99. The van der Waals surface area contributed by atoms with Crippen molar-refractivity contribution in [3.8, 4) is 0 Å². The Morgan fingerprint density at radius 1 is 1.32 bits per heavy atom. The van der Waals surface area contributed by atoms with Crippen LogP contribution >= 0.6 is 0 Å². The molecule has 1 aliphatic heterocycles. The third-order valence-electron chi connectivity index (χ3n) is 4.62. The van der Waals surface area contributed by atoms with E-state index in [-0.39, 0.29) is 24.4 Å². The molecule has 2 heterocycles. The van der Waals surface area contributed by atoms with Gasteiger partial charge in [-0.05, 0) is 47.9 Å². The number of benzene rings is 2. The van der Waals surface area contributed by atoms with Gasteiger partial charge in [0.1, 0.15) is 5.82 Å². The van der Waals surface area contributed by atoms with E-state index < -0.39 is 0 Å². The van der Waals surface area contributed by atoms with Gasteiger partial charge in [-0.25, -0.2) is 9.37 Å². The summed E-state index contributed by atoms with van der Waals surface area (Å²) in [4.78, 5) is 21.6. The molecule has 25 heavy (non-hydrogen) atoms. The van der Waals surface area contributed by atoms with Crippen LogP contribution in [0.15, 0.2) is 36.4 Å². The lowest BCUT2D eigenvalue weighted by atomic mass is 9.93. The average Bonchev–Trinajstić information content (AvgIpc) is 2.98. The van der Waals surface area contributed by atoms with Crippen molar-refractivity contribution in [1.82, 2.24) is 14.9 Å². The molecular formula is C18H17FN4O2. The average molecular weight is 340 g/mol. The number of carbonyl (C=O) groups is 1. The fourth-order valence-corrected chi connectivity index (χ4v) is 3.34. The molecule has 3 aromatic rings. The zero-order chi connectivity index (χ0) is 17.6. The molecule has 6 nitrogen and oxygen atoms in total. The zero-order valence-corrected chi connectivity index (χ0v) is 13.4. The number of aromatic amines is 1. The van der Waals surface area contributed by atoms with Crippen molar-refractivity contribution in [2.45, 2.75) is 19.0 Å². The summed E-state index contributed by atoms with van der Waals surface area (Å²) in [5.74, 6) is -0.205. The highest BCUT2D eigenvalue weighted by molar-refractivity contribution is 5.97. The second-order valence-corrected chi connectivity index (χ2v) is 6.24. The predicted molar refractivity (Wildman–Crippen MR) is 91.4 cm³/mol. The Labute approximate surface area is 143 Å². The summed E-state index contributed by atoms with van der Waals surface area (Å²) in [6.07, 6.45) is 0.425. The number of nitrogen functional groups attached to an aromatic ring is 1. The minimum atomic E-state index is -0.385. The molecule has 0 aliphatic carbocycles. The number of halogens is 1. The van der Waals surface area contributed by atoms with E-state index in [9.17, 15) is 14.3 Å². The van der Waals surface area contributed by atoms with Gasteiger partial charge in [0.25, 0.3) is 5.91 Å². The molecule has 1 aliphatic rings. The highest BCUT2D eigenvalue weighted by Crippen LogP contribution is 2.26. The summed E-state index contributed by atoms with van der Waals surface area (Å²) >= 11 is 0. The Kier molecular flexibility index (Phi) is 3.65. The largest absolute Gasteiger partial charge is 0.394 e. The number of hydrogen-bond acceptors (Lipinski definition) is 4. The van der Waals surface area contributed by atoms with E-state index in [2.05, 4.69) is 9.97 Å². The molecule has 4 N–H and O–H groups in total. The lowest BCUT2D eigenvalue weighted by Crippen LogP contribution is -2.46. The molecule has 1 aromatic heterocycles. The highest BCUT2D eigenvalue weighted by Gasteiger charge is 2.30. The Bertz CT molecular complexity index is 969. The number of aliphatic hydroxyl groups excluding tert-OH is 1. The fourth-order valence-electron chi connectivity index (χ4n) is 3.34. The van der Waals surface area contributed by atoms with Gasteiger partial charge in [-0.2, -0.15) is 0 Å². The van der Waals surface area contributed by atoms with Gasteiger partial charge in [0.2, 0.25) is 0 Å². The van der Waals surface area contributed by atoms with Crippen LogP contribution in [0.5, 0.6) is 0 Å². The predicted octanol–water partition coefficient (Wildman–Crippen LogP) is 1.84. The monoisotopic (exact) mass is 340 g/mol. The molecular weight excluding hydrogens is 323 g/mol. The Hall–Kier alpha value is -2.93. The van der Waals surface area contributed by atoms with Crippen LogP contribution in [0.2, 0.25) is 0 Å². The maximum absolute atomic E-state index is 13.4. The van der Waals surface area contributed by atoms with E-state index in [1.54, 1.807) is 29.2 Å². The first kappa shape index (κ1) is 15.6. The van der Waals surface area contributed by atoms with Crippen LogP contribution < -0.4 is 5.73 Å². The minimum absolute atomic E-state index is 0.180. The van der Waals surface area contributed by atoms with E-state index >= 15 is 0 Å². The molecule has 0 fully saturated rings. The smallest absolute Gasteiger partial charge is 0.254 e. The maximum atomic E-state index is 13.4. The van der Waals surface area contributed by atoms with E-state index in [0.29, 0.717) is 35.5 Å². The Morgan fingerprint density at radius 2 is 2.16 bits per heavy atom. The minimum Gasteiger partial charge on any atom is -0.394 e. The zero-order valence-electron chi connectivity index (χ0n) is 13.4. The lowest BCUT2D eigenvalue weighted by molar-refractivity contribution is 0.0544. The first-order valence-electron chi connectivity index (χ1n) is 7.99. The number of hydrogen-bond donors (Lipinski definition) is 3. The van der Waals surface area contributed by atoms with Gasteiger partial charge in [0, 0.05) is 12.1 Å². The molecule has 128 valence electrons. The number of nitrogens with one attached hydrogen (secondary N) is 1. The van der Waals surface area contributed by atoms with Crippen molar-refractivity contribution in [1.29, 1.82) is 0 Å². The van der Waals surface area contributed by atoms with Crippen LogP contribution in [0.4, 0.5) is 10.3 Å². The first-order chi connectivity index (χ1) is 12.0. The summed E-state index contributed by atoms with van der Waals surface area (Å²) < 4.78 is 13.4. The normalized spacial score (nSPS) is 16.9. The number of carbonyl (C=O) groups excluding carboxylic acids is 1. The van der Waals surface area contributed by atoms with Crippen molar-refractivity contribution in [2.75, 3.05) is 12.3 Å². The fraction of sp³-hybridized carbons (Fsp3) is 0.222. The molecule has 0 saturated carbocycles. The van der Waals surface area contributed by atoms with E-state index in [0.717, 1.165) is 11.1 Å². The topological polar surface area (TPSA) is 95.2 Å². The summed E-state index contributed by atoms with van der Waals surface area (Å²) in [5, 5.41) is 9.71. The number of aliphatic hydroxyl groups is 1. The summed E-state index contributed by atoms with van der Waals surface area (Å²) in [7, 11) is 0. The van der Waals surface area contributed by atoms with Crippen LogP contribution in [0.25, 0.3) is 11.0 Å². The molecule has 0 unspecified atom stereocenters. The number of rotatable bonds is 2. The van der Waals surface area contributed by atoms with Crippen molar-refractivity contribution < 1.29 is 14.3 Å². The highest BCUT2D eigenvalue weighted by atomic mass is 19.1. The van der Waals surface area contributed by atoms with Gasteiger partial charge < -0.3 is 20.7 Å². The van der Waals surface area contributed by atoms with Crippen molar-refractivity contribution in [3.63, 3.8) is 0 Å². The number of imidazole rings is 1. The van der Waals surface area contributed by atoms with Crippen LogP contribution in [-0.4, -0.2) is 38.5 Å². The second-order valence-electron chi connectivity index (χ2n) is 6.24. The second kappa shape index (κ2) is 5.86. The summed E-state index contributed by atoms with van der Waals surface area (Å²) in [6, 6.07) is 9.30. The molecule has 4 rings (SSSR count). The van der Waals surface area contributed by atoms with Crippen LogP contribution in [0.1, 0.15) is 21.5 Å². The molecule has 0 bridgehead atoms. The van der Waals surface area contributed by atoms with Gasteiger partial charge in [0.05, 0.1) is 23.7 Å². The van der Waals surface area contributed by atoms with Gasteiger partial charge in [-0.15, -0.1) is 0 Å². The summed E-state index contributed by atoms with van der Waals surface area (Å²) in [6.45, 7) is 0.157. The molecule has 2 aromatic carbocycles. The molecule has 0 saturated heterocycles. The van der Waals surface area contributed by atoms with Gasteiger partial charge >= 0.3 is 0 Å². The van der Waals surface area contributed by atoms with Crippen molar-refractivity contribution in [2.24, 2.45) is 0 Å². The molecule has 1 amide bonds. The molecule has 7 heteroatoms. The quantitative estimate of drug-likeness (QED) is 0.663. The summed E-state index contributed by atoms with van der Waals surface area (Å²) in [5.41, 5.74) is 9.23. The molecule has 0 spiro atoms. The Balaban J connectivity index is 1.68. The number of H-pyrrole nitrogens is 1.